The monoisotopic (exact) mass is 386 g/mol. The number of aryl methyl sites for hydroxylation is 1. The van der Waals surface area contributed by atoms with Crippen LogP contribution in [0.4, 0.5) is 5.95 Å². The Hall–Kier alpha value is -3.80. The topological polar surface area (TPSA) is 71.5 Å². The number of hydrogen-bond donors (Lipinski definition) is 2. The maximum absolute atomic E-state index is 5.97. The largest absolute Gasteiger partial charge is 0.493 e. The van der Waals surface area contributed by atoms with Crippen LogP contribution in [0.1, 0.15) is 16.7 Å². The molecule has 0 aliphatic rings. The van der Waals surface area contributed by atoms with E-state index in [2.05, 4.69) is 51.7 Å². The second kappa shape index (κ2) is 8.48. The number of benzene rings is 3. The predicted octanol–water partition coefficient (Wildman–Crippen LogP) is 4.90. The zero-order valence-corrected chi connectivity index (χ0v) is 16.3. The standard InChI is InChI=1S/C23H22N4O2/c1-16-7-9-17(10-8-16)15-29-22-13-18(11-12-21(22)28-2)14-24-27-23-25-19-5-3-4-6-20(19)26-23/h3-14H,15H2,1-2H3,(H2,25,26,27)/b24-14-. The molecule has 6 heteroatoms. The smallest absolute Gasteiger partial charge is 0.222 e. The molecule has 29 heavy (non-hydrogen) atoms. The zero-order valence-electron chi connectivity index (χ0n) is 16.3. The van der Waals surface area contributed by atoms with Gasteiger partial charge >= 0.3 is 0 Å². The van der Waals surface area contributed by atoms with E-state index in [0.29, 0.717) is 24.1 Å². The summed E-state index contributed by atoms with van der Waals surface area (Å²) < 4.78 is 11.4. The van der Waals surface area contributed by atoms with Crippen molar-refractivity contribution >= 4 is 23.2 Å². The van der Waals surface area contributed by atoms with E-state index in [1.165, 1.54) is 5.56 Å². The average Bonchev–Trinajstić information content (AvgIpc) is 3.16. The fourth-order valence-electron chi connectivity index (χ4n) is 2.91. The van der Waals surface area contributed by atoms with E-state index in [0.717, 1.165) is 22.2 Å². The molecule has 6 nitrogen and oxygen atoms in total. The van der Waals surface area contributed by atoms with E-state index in [1.54, 1.807) is 13.3 Å². The van der Waals surface area contributed by atoms with Crippen molar-refractivity contribution < 1.29 is 9.47 Å². The maximum Gasteiger partial charge on any atom is 0.222 e. The molecule has 1 aromatic heterocycles. The third-order valence-corrected chi connectivity index (χ3v) is 4.48. The number of hydrogen-bond acceptors (Lipinski definition) is 5. The summed E-state index contributed by atoms with van der Waals surface area (Å²) in [6.07, 6.45) is 1.71. The number of aromatic nitrogens is 2. The quantitative estimate of drug-likeness (QED) is 0.350. The number of nitrogens with one attached hydrogen (secondary N) is 2. The normalized spacial score (nSPS) is 11.1. The van der Waals surface area contributed by atoms with Crippen molar-refractivity contribution in [2.24, 2.45) is 5.10 Å². The molecule has 146 valence electrons. The Morgan fingerprint density at radius 2 is 1.86 bits per heavy atom. The van der Waals surface area contributed by atoms with Gasteiger partial charge in [-0.05, 0) is 48.4 Å². The fraction of sp³-hybridized carbons (Fsp3) is 0.130. The third-order valence-electron chi connectivity index (χ3n) is 4.48. The SMILES string of the molecule is COc1ccc(/C=N\Nc2nc3ccccc3[nH]2)cc1OCc1ccc(C)cc1. The van der Waals surface area contributed by atoms with Gasteiger partial charge in [-0.15, -0.1) is 0 Å². The highest BCUT2D eigenvalue weighted by Crippen LogP contribution is 2.28. The zero-order chi connectivity index (χ0) is 20.1. The maximum atomic E-state index is 5.97. The molecule has 0 radical (unpaired) electrons. The fourth-order valence-corrected chi connectivity index (χ4v) is 2.91. The second-order valence-electron chi connectivity index (χ2n) is 6.66. The summed E-state index contributed by atoms with van der Waals surface area (Å²) in [5.41, 5.74) is 7.98. The van der Waals surface area contributed by atoms with Gasteiger partial charge in [0.1, 0.15) is 6.61 Å². The van der Waals surface area contributed by atoms with E-state index in [4.69, 9.17) is 9.47 Å². The summed E-state index contributed by atoms with van der Waals surface area (Å²) in [7, 11) is 1.63. The number of para-hydroxylation sites is 2. The Morgan fingerprint density at radius 3 is 2.66 bits per heavy atom. The van der Waals surface area contributed by atoms with Crippen molar-refractivity contribution in [1.29, 1.82) is 0 Å². The molecule has 3 aromatic carbocycles. The molecular weight excluding hydrogens is 364 g/mol. The molecule has 0 aliphatic heterocycles. The van der Waals surface area contributed by atoms with Gasteiger partial charge in [0.25, 0.3) is 0 Å². The van der Waals surface area contributed by atoms with Gasteiger partial charge in [0.2, 0.25) is 5.95 Å². The van der Waals surface area contributed by atoms with E-state index in [1.807, 2.05) is 42.5 Å². The first kappa shape index (κ1) is 18.6. The lowest BCUT2D eigenvalue weighted by Crippen LogP contribution is -1.99. The van der Waals surface area contributed by atoms with Crippen LogP contribution >= 0.6 is 0 Å². The van der Waals surface area contributed by atoms with Gasteiger partial charge in [-0.1, -0.05) is 42.0 Å². The van der Waals surface area contributed by atoms with Crippen molar-refractivity contribution in [2.45, 2.75) is 13.5 Å². The Morgan fingerprint density at radius 1 is 1.03 bits per heavy atom. The molecule has 0 aliphatic carbocycles. The summed E-state index contributed by atoms with van der Waals surface area (Å²) in [5, 5.41) is 4.27. The lowest BCUT2D eigenvalue weighted by molar-refractivity contribution is 0.284. The van der Waals surface area contributed by atoms with Crippen LogP contribution in [-0.4, -0.2) is 23.3 Å². The average molecular weight is 386 g/mol. The molecular formula is C23H22N4O2. The van der Waals surface area contributed by atoms with Gasteiger partial charge in [0.15, 0.2) is 11.5 Å². The molecule has 0 atom stereocenters. The van der Waals surface area contributed by atoms with Crippen molar-refractivity contribution in [3.8, 4) is 11.5 Å². The molecule has 2 N–H and O–H groups in total. The molecule has 0 spiro atoms. The lowest BCUT2D eigenvalue weighted by atomic mass is 10.1. The van der Waals surface area contributed by atoms with Gasteiger partial charge < -0.3 is 14.5 Å². The number of rotatable bonds is 7. The molecule has 0 unspecified atom stereocenters. The summed E-state index contributed by atoms with van der Waals surface area (Å²) in [6, 6.07) is 21.8. The van der Waals surface area contributed by atoms with Gasteiger partial charge in [-0.3, -0.25) is 0 Å². The van der Waals surface area contributed by atoms with Crippen molar-refractivity contribution in [3.63, 3.8) is 0 Å². The van der Waals surface area contributed by atoms with Gasteiger partial charge in [0.05, 0.1) is 24.4 Å². The van der Waals surface area contributed by atoms with Crippen molar-refractivity contribution in [2.75, 3.05) is 12.5 Å². The molecule has 0 amide bonds. The van der Waals surface area contributed by atoms with E-state index >= 15 is 0 Å². The van der Waals surface area contributed by atoms with Crippen LogP contribution in [0.25, 0.3) is 11.0 Å². The van der Waals surface area contributed by atoms with Crippen LogP contribution in [0.2, 0.25) is 0 Å². The van der Waals surface area contributed by atoms with Crippen molar-refractivity contribution in [1.82, 2.24) is 9.97 Å². The van der Waals surface area contributed by atoms with Gasteiger partial charge in [-0.25, -0.2) is 10.4 Å². The number of methoxy groups -OCH3 is 1. The highest BCUT2D eigenvalue weighted by atomic mass is 16.5. The van der Waals surface area contributed by atoms with E-state index in [9.17, 15) is 0 Å². The summed E-state index contributed by atoms with van der Waals surface area (Å²) in [5.74, 6) is 1.94. The molecule has 0 bridgehead atoms. The first-order valence-electron chi connectivity index (χ1n) is 9.31. The number of hydrazone groups is 1. The number of H-pyrrole nitrogens is 1. The minimum absolute atomic E-state index is 0.467. The number of fused-ring (bicyclic) bond motifs is 1. The summed E-state index contributed by atoms with van der Waals surface area (Å²) >= 11 is 0. The van der Waals surface area contributed by atoms with Gasteiger partial charge in [-0.2, -0.15) is 5.10 Å². The van der Waals surface area contributed by atoms with Crippen LogP contribution in [0.3, 0.4) is 0 Å². The summed E-state index contributed by atoms with van der Waals surface area (Å²) in [4.78, 5) is 7.61. The minimum Gasteiger partial charge on any atom is -0.493 e. The molecule has 0 saturated carbocycles. The predicted molar refractivity (Wildman–Crippen MR) is 116 cm³/mol. The molecule has 4 aromatic rings. The second-order valence-corrected chi connectivity index (χ2v) is 6.66. The Kier molecular flexibility index (Phi) is 5.42. The number of nitrogens with zero attached hydrogens (tertiary/aromatic N) is 2. The highest BCUT2D eigenvalue weighted by Gasteiger charge is 2.06. The molecule has 1 heterocycles. The first-order valence-corrected chi connectivity index (χ1v) is 9.31. The number of aromatic amines is 1. The number of anilines is 1. The summed E-state index contributed by atoms with van der Waals surface area (Å²) in [6.45, 7) is 2.53. The highest BCUT2D eigenvalue weighted by molar-refractivity contribution is 5.82. The lowest BCUT2D eigenvalue weighted by Gasteiger charge is -2.11. The van der Waals surface area contributed by atoms with Gasteiger partial charge in [0, 0.05) is 0 Å². The molecule has 0 saturated heterocycles. The Bertz CT molecular complexity index is 1100. The molecule has 0 fully saturated rings. The first-order chi connectivity index (χ1) is 14.2. The Balaban J connectivity index is 1.45. The van der Waals surface area contributed by atoms with Crippen molar-refractivity contribution in [3.05, 3.63) is 83.4 Å². The van der Waals surface area contributed by atoms with Crippen LogP contribution in [0.5, 0.6) is 11.5 Å². The van der Waals surface area contributed by atoms with Crippen LogP contribution < -0.4 is 14.9 Å². The van der Waals surface area contributed by atoms with E-state index in [-0.39, 0.29) is 0 Å². The van der Waals surface area contributed by atoms with Crippen LogP contribution in [0.15, 0.2) is 71.8 Å². The Labute approximate surface area is 169 Å². The third kappa shape index (κ3) is 4.55. The van der Waals surface area contributed by atoms with Crippen LogP contribution in [0, 0.1) is 6.92 Å². The minimum atomic E-state index is 0.467. The number of imidazole rings is 1. The molecule has 4 rings (SSSR count). The van der Waals surface area contributed by atoms with E-state index < -0.39 is 0 Å². The van der Waals surface area contributed by atoms with Crippen LogP contribution in [-0.2, 0) is 6.61 Å². The number of ether oxygens (including phenoxy) is 2.